The van der Waals surface area contributed by atoms with E-state index in [0.717, 1.165) is 12.1 Å². The largest absolute Gasteiger partial charge is 0.507 e. The lowest BCUT2D eigenvalue weighted by molar-refractivity contribution is 0.0674. The van der Waals surface area contributed by atoms with Crippen molar-refractivity contribution in [1.29, 1.82) is 0 Å². The van der Waals surface area contributed by atoms with E-state index in [1.165, 1.54) is 0 Å². The van der Waals surface area contributed by atoms with E-state index >= 15 is 0 Å². The zero-order chi connectivity index (χ0) is 10.9. The number of benzene rings is 1. The second-order valence-corrected chi connectivity index (χ2v) is 2.50. The normalized spacial score (nSPS) is 9.71. The summed E-state index contributed by atoms with van der Waals surface area (Å²) in [5, 5.41) is 35.2. The average molecular weight is 198 g/mol. The highest BCUT2D eigenvalue weighted by atomic mass is 16.4. The number of hydrogen-bond donors (Lipinski definition) is 4. The molecule has 0 amide bonds. The summed E-state index contributed by atoms with van der Waals surface area (Å²) in [6.07, 6.45) is 0. The van der Waals surface area contributed by atoms with Crippen molar-refractivity contribution >= 4 is 11.9 Å². The van der Waals surface area contributed by atoms with Crippen molar-refractivity contribution in [2.45, 2.75) is 0 Å². The van der Waals surface area contributed by atoms with Crippen LogP contribution in [0.2, 0.25) is 0 Å². The van der Waals surface area contributed by atoms with E-state index in [1.807, 2.05) is 0 Å². The highest BCUT2D eigenvalue weighted by molar-refractivity contribution is 5.97. The summed E-state index contributed by atoms with van der Waals surface area (Å²) in [4.78, 5) is 20.9. The van der Waals surface area contributed by atoms with Crippen LogP contribution in [0.25, 0.3) is 0 Å². The summed E-state index contributed by atoms with van der Waals surface area (Å²) < 4.78 is 0. The molecule has 0 aliphatic carbocycles. The number of phenols is 2. The molecule has 0 heterocycles. The molecule has 0 bridgehead atoms. The van der Waals surface area contributed by atoms with Gasteiger partial charge in [0.05, 0.1) is 5.56 Å². The van der Waals surface area contributed by atoms with E-state index in [2.05, 4.69) is 0 Å². The molecule has 0 unspecified atom stereocenters. The maximum atomic E-state index is 10.5. The Bertz CT molecular complexity index is 385. The molecule has 6 nitrogen and oxygen atoms in total. The van der Waals surface area contributed by atoms with Crippen LogP contribution in [-0.4, -0.2) is 32.4 Å². The minimum absolute atomic E-state index is 0.384. The Kier molecular flexibility index (Phi) is 2.29. The summed E-state index contributed by atoms with van der Waals surface area (Å²) in [6, 6.07) is 1.51. The van der Waals surface area contributed by atoms with Crippen LogP contribution in [-0.2, 0) is 0 Å². The van der Waals surface area contributed by atoms with Gasteiger partial charge in [-0.15, -0.1) is 0 Å². The van der Waals surface area contributed by atoms with Gasteiger partial charge in [-0.1, -0.05) is 0 Å². The van der Waals surface area contributed by atoms with Crippen LogP contribution in [0.3, 0.4) is 0 Å². The van der Waals surface area contributed by atoms with E-state index < -0.39 is 29.0 Å². The van der Waals surface area contributed by atoms with E-state index in [1.54, 1.807) is 0 Å². The van der Waals surface area contributed by atoms with Gasteiger partial charge in [-0.05, 0) is 12.1 Å². The predicted octanol–water partition coefficient (Wildman–Crippen LogP) is 0.494. The smallest absolute Gasteiger partial charge is 0.343 e. The summed E-state index contributed by atoms with van der Waals surface area (Å²) in [5.74, 6) is -4.46. The maximum Gasteiger partial charge on any atom is 0.343 e. The molecule has 0 saturated heterocycles. The first-order valence-electron chi connectivity index (χ1n) is 3.46. The summed E-state index contributed by atoms with van der Waals surface area (Å²) in [6.45, 7) is 0. The number of carboxylic acids is 2. The molecule has 0 spiro atoms. The lowest BCUT2D eigenvalue weighted by atomic mass is 10.1. The van der Waals surface area contributed by atoms with Crippen LogP contribution < -0.4 is 0 Å². The first-order chi connectivity index (χ1) is 6.43. The van der Waals surface area contributed by atoms with Crippen LogP contribution in [0, 0.1) is 0 Å². The van der Waals surface area contributed by atoms with Gasteiger partial charge in [0.25, 0.3) is 0 Å². The first kappa shape index (κ1) is 9.85. The SMILES string of the molecule is O=C(O)c1cc(O)c(C(=O)O)c(O)c1. The molecule has 1 rings (SSSR count). The Morgan fingerprint density at radius 2 is 1.36 bits per heavy atom. The van der Waals surface area contributed by atoms with Crippen LogP contribution in [0.4, 0.5) is 0 Å². The molecular weight excluding hydrogens is 192 g/mol. The number of aromatic hydroxyl groups is 2. The van der Waals surface area contributed by atoms with Crippen molar-refractivity contribution in [3.05, 3.63) is 23.3 Å². The lowest BCUT2D eigenvalue weighted by Crippen LogP contribution is -2.01. The standard InChI is InChI=1S/C8H6O6/c9-4-1-3(7(11)12)2-5(10)6(4)8(13)14/h1-2,9-10H,(H,11,12)(H,13,14). The van der Waals surface area contributed by atoms with Gasteiger partial charge in [0.15, 0.2) is 0 Å². The van der Waals surface area contributed by atoms with E-state index in [4.69, 9.17) is 20.4 Å². The van der Waals surface area contributed by atoms with Gasteiger partial charge in [0.2, 0.25) is 0 Å². The highest BCUT2D eigenvalue weighted by Crippen LogP contribution is 2.28. The predicted molar refractivity (Wildman–Crippen MR) is 43.7 cm³/mol. The molecule has 14 heavy (non-hydrogen) atoms. The molecule has 0 atom stereocenters. The van der Waals surface area contributed by atoms with Crippen molar-refractivity contribution in [1.82, 2.24) is 0 Å². The molecular formula is C8H6O6. The monoisotopic (exact) mass is 198 g/mol. The van der Waals surface area contributed by atoms with Crippen molar-refractivity contribution in [2.75, 3.05) is 0 Å². The minimum Gasteiger partial charge on any atom is -0.507 e. The quantitative estimate of drug-likeness (QED) is 0.549. The van der Waals surface area contributed by atoms with Crippen molar-refractivity contribution < 1.29 is 30.0 Å². The van der Waals surface area contributed by atoms with Crippen molar-refractivity contribution in [3.63, 3.8) is 0 Å². The number of rotatable bonds is 2. The molecule has 74 valence electrons. The Morgan fingerprint density at radius 3 is 1.64 bits per heavy atom. The van der Waals surface area contributed by atoms with Gasteiger partial charge in [-0.25, -0.2) is 9.59 Å². The summed E-state index contributed by atoms with van der Waals surface area (Å²) in [5.41, 5.74) is -1.10. The second kappa shape index (κ2) is 3.25. The Labute approximate surface area is 77.7 Å². The average Bonchev–Trinajstić information content (AvgIpc) is 2.01. The molecule has 6 heteroatoms. The molecule has 0 aromatic heterocycles. The zero-order valence-electron chi connectivity index (χ0n) is 6.76. The molecule has 0 saturated carbocycles. The Balaban J connectivity index is 3.39. The number of hydrogen-bond acceptors (Lipinski definition) is 4. The number of carboxylic acid groups (broad SMARTS) is 2. The third kappa shape index (κ3) is 1.58. The summed E-state index contributed by atoms with van der Waals surface area (Å²) >= 11 is 0. The fourth-order valence-electron chi connectivity index (χ4n) is 0.954. The number of carbonyl (C=O) groups is 2. The fraction of sp³-hybridized carbons (Fsp3) is 0. The zero-order valence-corrected chi connectivity index (χ0v) is 6.76. The van der Waals surface area contributed by atoms with Gasteiger partial charge in [0.1, 0.15) is 17.1 Å². The molecule has 0 radical (unpaired) electrons. The first-order valence-corrected chi connectivity index (χ1v) is 3.46. The van der Waals surface area contributed by atoms with E-state index in [9.17, 15) is 9.59 Å². The third-order valence-corrected chi connectivity index (χ3v) is 1.56. The topological polar surface area (TPSA) is 115 Å². The molecule has 0 aliphatic heterocycles. The molecule has 0 fully saturated rings. The van der Waals surface area contributed by atoms with Crippen LogP contribution in [0.5, 0.6) is 11.5 Å². The third-order valence-electron chi connectivity index (χ3n) is 1.56. The number of aromatic carboxylic acids is 2. The molecule has 1 aromatic carbocycles. The molecule has 0 aliphatic rings. The second-order valence-electron chi connectivity index (χ2n) is 2.50. The summed E-state index contributed by atoms with van der Waals surface area (Å²) in [7, 11) is 0. The van der Waals surface area contributed by atoms with Crippen molar-refractivity contribution in [2.24, 2.45) is 0 Å². The fourth-order valence-corrected chi connectivity index (χ4v) is 0.954. The van der Waals surface area contributed by atoms with Crippen molar-refractivity contribution in [3.8, 4) is 11.5 Å². The Morgan fingerprint density at radius 1 is 0.929 bits per heavy atom. The van der Waals surface area contributed by atoms with Crippen LogP contribution >= 0.6 is 0 Å². The van der Waals surface area contributed by atoms with E-state index in [0.29, 0.717) is 0 Å². The van der Waals surface area contributed by atoms with E-state index in [-0.39, 0.29) is 5.56 Å². The van der Waals surface area contributed by atoms with Gasteiger partial charge in [-0.2, -0.15) is 0 Å². The molecule has 1 aromatic rings. The van der Waals surface area contributed by atoms with Gasteiger partial charge >= 0.3 is 11.9 Å². The van der Waals surface area contributed by atoms with Gasteiger partial charge < -0.3 is 20.4 Å². The highest BCUT2D eigenvalue weighted by Gasteiger charge is 2.18. The molecule has 4 N–H and O–H groups in total. The van der Waals surface area contributed by atoms with Gasteiger partial charge in [0, 0.05) is 0 Å². The lowest BCUT2D eigenvalue weighted by Gasteiger charge is -2.03. The Hall–Kier alpha value is -2.24. The van der Waals surface area contributed by atoms with Crippen LogP contribution in [0.15, 0.2) is 12.1 Å². The minimum atomic E-state index is -1.53. The van der Waals surface area contributed by atoms with Crippen LogP contribution in [0.1, 0.15) is 20.7 Å². The maximum absolute atomic E-state index is 10.5. The van der Waals surface area contributed by atoms with Gasteiger partial charge in [-0.3, -0.25) is 0 Å².